The van der Waals surface area contributed by atoms with Crippen molar-refractivity contribution in [2.75, 3.05) is 13.1 Å². The van der Waals surface area contributed by atoms with Crippen molar-refractivity contribution < 1.29 is 0 Å². The van der Waals surface area contributed by atoms with Crippen LogP contribution >= 0.6 is 12.2 Å². The number of likely N-dealkylation sites (tertiary alicyclic amines) is 1. The molecule has 1 aromatic heterocycles. The Hall–Kier alpha value is -1.46. The Bertz CT molecular complexity index is 693. The third-order valence-corrected chi connectivity index (χ3v) is 5.00. The van der Waals surface area contributed by atoms with Gasteiger partial charge in [-0.3, -0.25) is 9.47 Å². The summed E-state index contributed by atoms with van der Waals surface area (Å²) in [6, 6.07) is 10.4. The fourth-order valence-corrected chi connectivity index (χ4v) is 3.53. The summed E-state index contributed by atoms with van der Waals surface area (Å²) in [5, 5.41) is 4.88. The highest BCUT2D eigenvalue weighted by atomic mass is 32.1. The lowest BCUT2D eigenvalue weighted by atomic mass is 10.1. The lowest BCUT2D eigenvalue weighted by molar-refractivity contribution is 0.172. The highest BCUT2D eigenvalue weighted by Gasteiger charge is 2.30. The molecule has 2 fully saturated rings. The summed E-state index contributed by atoms with van der Waals surface area (Å²) in [6.07, 6.45) is 6.42. The van der Waals surface area contributed by atoms with E-state index in [4.69, 9.17) is 17.3 Å². The van der Waals surface area contributed by atoms with Crippen LogP contribution in [0.2, 0.25) is 0 Å². The van der Waals surface area contributed by atoms with Gasteiger partial charge in [-0.05, 0) is 63.1 Å². The molecule has 0 N–H and O–H groups in total. The van der Waals surface area contributed by atoms with Crippen LogP contribution in [0.3, 0.4) is 0 Å². The van der Waals surface area contributed by atoms with Gasteiger partial charge in [0.2, 0.25) is 4.77 Å². The maximum Gasteiger partial charge on any atom is 0.203 e. The summed E-state index contributed by atoms with van der Waals surface area (Å²) in [4.78, 5) is 2.47. The number of hydrogen-bond acceptors (Lipinski definition) is 3. The van der Waals surface area contributed by atoms with Gasteiger partial charge >= 0.3 is 0 Å². The first-order valence-corrected chi connectivity index (χ1v) is 8.71. The molecule has 116 valence electrons. The molecule has 5 heteroatoms. The molecule has 0 unspecified atom stereocenters. The Kier molecular flexibility index (Phi) is 3.84. The minimum atomic E-state index is 0.588. The first-order chi connectivity index (χ1) is 10.8. The van der Waals surface area contributed by atoms with Gasteiger partial charge < -0.3 is 0 Å². The summed E-state index contributed by atoms with van der Waals surface area (Å²) in [5.41, 5.74) is 1.14. The average Bonchev–Trinajstić information content (AvgIpc) is 3.35. The normalized spacial score (nSPS) is 19.5. The van der Waals surface area contributed by atoms with Crippen molar-refractivity contribution in [1.29, 1.82) is 0 Å². The van der Waals surface area contributed by atoms with Gasteiger partial charge in [-0.1, -0.05) is 24.6 Å². The van der Waals surface area contributed by atoms with Gasteiger partial charge in [0.15, 0.2) is 0 Å². The van der Waals surface area contributed by atoms with Gasteiger partial charge in [-0.25, -0.2) is 4.68 Å². The molecular weight excluding hydrogens is 292 g/mol. The molecular formula is C17H22N4S. The van der Waals surface area contributed by atoms with Gasteiger partial charge in [0, 0.05) is 11.6 Å². The van der Waals surface area contributed by atoms with Crippen LogP contribution in [0.15, 0.2) is 30.3 Å². The van der Waals surface area contributed by atoms with Crippen molar-refractivity contribution >= 4 is 12.2 Å². The number of para-hydroxylation sites is 1. The van der Waals surface area contributed by atoms with Crippen LogP contribution in [0.1, 0.15) is 43.8 Å². The Morgan fingerprint density at radius 3 is 2.45 bits per heavy atom. The van der Waals surface area contributed by atoms with Crippen LogP contribution in [-0.2, 0) is 6.67 Å². The SMILES string of the molecule is S=c1n(CN2CCCCC2)nc(C2CC2)n1-c1ccccc1. The Morgan fingerprint density at radius 2 is 1.77 bits per heavy atom. The van der Waals surface area contributed by atoms with E-state index >= 15 is 0 Å². The molecule has 0 amide bonds. The molecule has 2 aromatic rings. The molecule has 1 saturated carbocycles. The van der Waals surface area contributed by atoms with Crippen molar-refractivity contribution in [2.24, 2.45) is 0 Å². The predicted molar refractivity (Wildman–Crippen MR) is 89.8 cm³/mol. The topological polar surface area (TPSA) is 26.0 Å². The number of rotatable bonds is 4. The lowest BCUT2D eigenvalue weighted by Gasteiger charge is -2.25. The molecule has 0 spiro atoms. The molecule has 22 heavy (non-hydrogen) atoms. The largest absolute Gasteiger partial charge is 0.284 e. The van der Waals surface area contributed by atoms with E-state index in [-0.39, 0.29) is 0 Å². The molecule has 1 aromatic carbocycles. The summed E-state index contributed by atoms with van der Waals surface area (Å²) >= 11 is 5.75. The summed E-state index contributed by atoms with van der Waals surface area (Å²) in [6.45, 7) is 3.16. The zero-order chi connectivity index (χ0) is 14.9. The highest BCUT2D eigenvalue weighted by molar-refractivity contribution is 7.71. The molecule has 4 nitrogen and oxygen atoms in total. The van der Waals surface area contributed by atoms with E-state index in [2.05, 4.69) is 33.7 Å². The second kappa shape index (κ2) is 5.97. The first kappa shape index (κ1) is 14.2. The van der Waals surface area contributed by atoms with Crippen LogP contribution in [0, 0.1) is 4.77 Å². The third kappa shape index (κ3) is 2.75. The second-order valence-electron chi connectivity index (χ2n) is 6.41. The molecule has 2 aliphatic rings. The fourth-order valence-electron chi connectivity index (χ4n) is 3.23. The Labute approximate surface area is 136 Å². The van der Waals surface area contributed by atoms with Gasteiger partial charge in [0.1, 0.15) is 5.82 Å². The van der Waals surface area contributed by atoms with Crippen molar-refractivity contribution in [3.05, 3.63) is 40.9 Å². The maximum absolute atomic E-state index is 5.75. The van der Waals surface area contributed by atoms with E-state index in [1.807, 2.05) is 10.7 Å². The van der Waals surface area contributed by atoms with Crippen molar-refractivity contribution in [3.63, 3.8) is 0 Å². The van der Waals surface area contributed by atoms with Crippen molar-refractivity contribution in [2.45, 2.75) is 44.7 Å². The predicted octanol–water partition coefficient (Wildman–Crippen LogP) is 3.72. The summed E-state index contributed by atoms with van der Waals surface area (Å²) < 4.78 is 5.04. The summed E-state index contributed by atoms with van der Waals surface area (Å²) in [7, 11) is 0. The lowest BCUT2D eigenvalue weighted by Crippen LogP contribution is -2.32. The third-order valence-electron chi connectivity index (χ3n) is 4.60. The van der Waals surface area contributed by atoms with E-state index in [1.165, 1.54) is 45.2 Å². The minimum Gasteiger partial charge on any atom is -0.284 e. The van der Waals surface area contributed by atoms with Crippen LogP contribution in [0.4, 0.5) is 0 Å². The fraction of sp³-hybridized carbons (Fsp3) is 0.529. The summed E-state index contributed by atoms with van der Waals surface area (Å²) in [5.74, 6) is 1.73. The molecule has 0 atom stereocenters. The van der Waals surface area contributed by atoms with E-state index in [1.54, 1.807) is 0 Å². The quantitative estimate of drug-likeness (QED) is 0.804. The average molecular weight is 314 g/mol. The highest BCUT2D eigenvalue weighted by Crippen LogP contribution is 2.40. The number of nitrogens with zero attached hydrogens (tertiary/aromatic N) is 4. The van der Waals surface area contributed by atoms with E-state index in [0.717, 1.165) is 23.0 Å². The maximum atomic E-state index is 5.75. The zero-order valence-corrected chi connectivity index (χ0v) is 13.6. The van der Waals surface area contributed by atoms with Crippen molar-refractivity contribution in [3.8, 4) is 5.69 Å². The van der Waals surface area contributed by atoms with Gasteiger partial charge in [-0.15, -0.1) is 0 Å². The number of benzene rings is 1. The van der Waals surface area contributed by atoms with E-state index in [9.17, 15) is 0 Å². The van der Waals surface area contributed by atoms with E-state index < -0.39 is 0 Å². The molecule has 0 bridgehead atoms. The zero-order valence-electron chi connectivity index (χ0n) is 12.8. The minimum absolute atomic E-state index is 0.588. The molecule has 4 rings (SSSR count). The smallest absolute Gasteiger partial charge is 0.203 e. The van der Waals surface area contributed by atoms with E-state index in [0.29, 0.717) is 5.92 Å². The molecule has 1 aliphatic carbocycles. The monoisotopic (exact) mass is 314 g/mol. The first-order valence-electron chi connectivity index (χ1n) is 8.30. The van der Waals surface area contributed by atoms with Crippen LogP contribution in [0.5, 0.6) is 0 Å². The number of piperidine rings is 1. The molecule has 2 heterocycles. The second-order valence-corrected chi connectivity index (χ2v) is 6.77. The standard InChI is InChI=1S/C17H22N4S/c22-17-20(13-19-11-5-2-6-12-19)18-16(14-9-10-14)21(17)15-7-3-1-4-8-15/h1,3-4,7-8,14H,2,5-6,9-13H2. The van der Waals surface area contributed by atoms with Crippen LogP contribution in [0.25, 0.3) is 5.69 Å². The number of hydrogen-bond donors (Lipinski definition) is 0. The van der Waals surface area contributed by atoms with Crippen molar-refractivity contribution in [1.82, 2.24) is 19.2 Å². The van der Waals surface area contributed by atoms with Crippen LogP contribution in [-0.4, -0.2) is 32.3 Å². The molecule has 1 aliphatic heterocycles. The molecule has 0 radical (unpaired) electrons. The Morgan fingerprint density at radius 1 is 1.05 bits per heavy atom. The van der Waals surface area contributed by atoms with Gasteiger partial charge in [0.05, 0.1) is 6.67 Å². The Balaban J connectivity index is 1.69. The van der Waals surface area contributed by atoms with Gasteiger partial charge in [-0.2, -0.15) is 5.10 Å². The molecule has 1 saturated heterocycles. The number of aromatic nitrogens is 3. The van der Waals surface area contributed by atoms with Gasteiger partial charge in [0.25, 0.3) is 0 Å². The van der Waals surface area contributed by atoms with Crippen LogP contribution < -0.4 is 0 Å².